The lowest BCUT2D eigenvalue weighted by molar-refractivity contribution is 0.267. The van der Waals surface area contributed by atoms with Gasteiger partial charge in [-0.2, -0.15) is 0 Å². The minimum atomic E-state index is 0.617. The molecule has 0 saturated carbocycles. The molecule has 0 aliphatic carbocycles. The van der Waals surface area contributed by atoms with Crippen molar-refractivity contribution in [3.05, 3.63) is 35.9 Å². The predicted octanol–water partition coefficient (Wildman–Crippen LogP) is 2.30. The fraction of sp³-hybridized carbons (Fsp3) is 0.600. The second-order valence-corrected chi connectivity index (χ2v) is 4.99. The van der Waals surface area contributed by atoms with E-state index in [1.54, 1.807) is 0 Å². The highest BCUT2D eigenvalue weighted by Crippen LogP contribution is 2.08. The first kappa shape index (κ1) is 12.6. The van der Waals surface area contributed by atoms with Gasteiger partial charge in [0.25, 0.3) is 0 Å². The summed E-state index contributed by atoms with van der Waals surface area (Å²) in [7, 11) is 0. The van der Waals surface area contributed by atoms with E-state index in [1.807, 2.05) is 0 Å². The van der Waals surface area contributed by atoms with E-state index >= 15 is 0 Å². The summed E-state index contributed by atoms with van der Waals surface area (Å²) in [6.45, 7) is 7.13. The number of nitrogens with one attached hydrogen (secondary N) is 1. The van der Waals surface area contributed by atoms with Gasteiger partial charge in [-0.15, -0.1) is 0 Å². The molecular formula is C15H24N2. The average molecular weight is 232 g/mol. The quantitative estimate of drug-likeness (QED) is 0.857. The lowest BCUT2D eigenvalue weighted by Crippen LogP contribution is -2.39. The molecule has 1 aliphatic heterocycles. The summed E-state index contributed by atoms with van der Waals surface area (Å²) in [6.07, 6.45) is 3.70. The highest BCUT2D eigenvalue weighted by Gasteiger charge is 2.16. The second kappa shape index (κ2) is 6.77. The minimum absolute atomic E-state index is 0.617. The van der Waals surface area contributed by atoms with Crippen LogP contribution in [0, 0.1) is 0 Å². The van der Waals surface area contributed by atoms with Crippen molar-refractivity contribution in [3.63, 3.8) is 0 Å². The molecule has 1 saturated heterocycles. The van der Waals surface area contributed by atoms with Gasteiger partial charge in [-0.25, -0.2) is 0 Å². The van der Waals surface area contributed by atoms with Crippen molar-refractivity contribution in [2.75, 3.05) is 26.2 Å². The molecule has 1 fully saturated rings. The SMILES string of the molecule is CCCN1CCCNC(Cc2ccccc2)C1. The van der Waals surface area contributed by atoms with E-state index in [9.17, 15) is 0 Å². The summed E-state index contributed by atoms with van der Waals surface area (Å²) < 4.78 is 0. The first-order valence-electron chi connectivity index (χ1n) is 6.88. The van der Waals surface area contributed by atoms with Gasteiger partial charge in [-0.05, 0) is 44.5 Å². The summed E-state index contributed by atoms with van der Waals surface area (Å²) in [5, 5.41) is 3.68. The number of hydrogen-bond acceptors (Lipinski definition) is 2. The standard InChI is InChI=1S/C15H24N2/c1-2-10-17-11-6-9-16-15(13-17)12-14-7-4-3-5-8-14/h3-5,7-8,15-16H,2,6,9-13H2,1H3. The van der Waals surface area contributed by atoms with Crippen LogP contribution in [0.3, 0.4) is 0 Å². The van der Waals surface area contributed by atoms with Crippen molar-refractivity contribution < 1.29 is 0 Å². The van der Waals surface area contributed by atoms with E-state index in [2.05, 4.69) is 47.5 Å². The van der Waals surface area contributed by atoms with Crippen LogP contribution in [0.25, 0.3) is 0 Å². The van der Waals surface area contributed by atoms with Crippen molar-refractivity contribution in [1.29, 1.82) is 0 Å². The van der Waals surface area contributed by atoms with Gasteiger partial charge in [-0.3, -0.25) is 0 Å². The van der Waals surface area contributed by atoms with Gasteiger partial charge in [0.2, 0.25) is 0 Å². The zero-order valence-corrected chi connectivity index (χ0v) is 10.9. The summed E-state index contributed by atoms with van der Waals surface area (Å²) in [4.78, 5) is 2.60. The molecule has 1 aromatic carbocycles. The summed E-state index contributed by atoms with van der Waals surface area (Å²) in [6, 6.07) is 11.4. The van der Waals surface area contributed by atoms with Crippen LogP contribution in [0.5, 0.6) is 0 Å². The van der Waals surface area contributed by atoms with Gasteiger partial charge in [-0.1, -0.05) is 37.3 Å². The normalized spacial score (nSPS) is 22.3. The first-order valence-corrected chi connectivity index (χ1v) is 6.88. The molecule has 17 heavy (non-hydrogen) atoms. The summed E-state index contributed by atoms with van der Waals surface area (Å²) in [5.41, 5.74) is 1.45. The van der Waals surface area contributed by atoms with Gasteiger partial charge in [0.1, 0.15) is 0 Å². The van der Waals surface area contributed by atoms with Crippen LogP contribution in [0.2, 0.25) is 0 Å². The van der Waals surface area contributed by atoms with E-state index in [-0.39, 0.29) is 0 Å². The molecule has 1 heterocycles. The van der Waals surface area contributed by atoms with Crippen LogP contribution in [0.4, 0.5) is 0 Å². The first-order chi connectivity index (χ1) is 8.38. The third kappa shape index (κ3) is 4.14. The van der Waals surface area contributed by atoms with Crippen molar-refractivity contribution in [2.24, 2.45) is 0 Å². The van der Waals surface area contributed by atoms with E-state index in [4.69, 9.17) is 0 Å². The van der Waals surface area contributed by atoms with Crippen LogP contribution in [-0.2, 0) is 6.42 Å². The molecule has 0 bridgehead atoms. The number of benzene rings is 1. The van der Waals surface area contributed by atoms with Crippen LogP contribution < -0.4 is 5.32 Å². The minimum Gasteiger partial charge on any atom is -0.312 e. The summed E-state index contributed by atoms with van der Waals surface area (Å²) >= 11 is 0. The molecule has 2 heteroatoms. The molecule has 1 aliphatic rings. The van der Waals surface area contributed by atoms with Gasteiger partial charge < -0.3 is 10.2 Å². The second-order valence-electron chi connectivity index (χ2n) is 4.99. The number of rotatable bonds is 4. The molecule has 1 aromatic rings. The van der Waals surface area contributed by atoms with E-state index in [0.29, 0.717) is 6.04 Å². The Hall–Kier alpha value is -0.860. The van der Waals surface area contributed by atoms with Crippen LogP contribution in [-0.4, -0.2) is 37.1 Å². The van der Waals surface area contributed by atoms with Crippen LogP contribution in [0.15, 0.2) is 30.3 Å². The Morgan fingerprint density at radius 1 is 1.29 bits per heavy atom. The van der Waals surface area contributed by atoms with E-state index in [1.165, 1.54) is 38.0 Å². The lowest BCUT2D eigenvalue weighted by Gasteiger charge is -2.23. The van der Waals surface area contributed by atoms with E-state index < -0.39 is 0 Å². The van der Waals surface area contributed by atoms with Gasteiger partial charge in [0, 0.05) is 12.6 Å². The Morgan fingerprint density at radius 3 is 2.88 bits per heavy atom. The average Bonchev–Trinajstić information content (AvgIpc) is 2.56. The molecule has 1 N–H and O–H groups in total. The third-order valence-electron chi connectivity index (χ3n) is 3.43. The molecule has 1 unspecified atom stereocenters. The molecule has 94 valence electrons. The molecule has 0 aromatic heterocycles. The highest BCUT2D eigenvalue weighted by atomic mass is 15.2. The van der Waals surface area contributed by atoms with Crippen LogP contribution in [0.1, 0.15) is 25.3 Å². The Kier molecular flexibility index (Phi) is 5.02. The van der Waals surface area contributed by atoms with E-state index in [0.717, 1.165) is 13.0 Å². The molecular weight excluding hydrogens is 208 g/mol. The molecule has 0 radical (unpaired) electrons. The topological polar surface area (TPSA) is 15.3 Å². The van der Waals surface area contributed by atoms with Gasteiger partial charge in [0.05, 0.1) is 0 Å². The predicted molar refractivity (Wildman–Crippen MR) is 73.3 cm³/mol. The Morgan fingerprint density at radius 2 is 2.12 bits per heavy atom. The maximum Gasteiger partial charge on any atom is 0.0235 e. The van der Waals surface area contributed by atoms with Crippen LogP contribution >= 0.6 is 0 Å². The van der Waals surface area contributed by atoms with Crippen molar-refractivity contribution in [1.82, 2.24) is 10.2 Å². The Balaban J connectivity index is 1.90. The number of hydrogen-bond donors (Lipinski definition) is 1. The van der Waals surface area contributed by atoms with Gasteiger partial charge >= 0.3 is 0 Å². The Labute approximate surface area is 105 Å². The maximum absolute atomic E-state index is 3.68. The van der Waals surface area contributed by atoms with Crippen molar-refractivity contribution in [3.8, 4) is 0 Å². The Bertz CT molecular complexity index is 310. The van der Waals surface area contributed by atoms with Crippen molar-refractivity contribution in [2.45, 2.75) is 32.2 Å². The zero-order chi connectivity index (χ0) is 11.9. The molecule has 0 amide bonds. The molecule has 1 atom stereocenters. The molecule has 2 rings (SSSR count). The smallest absolute Gasteiger partial charge is 0.0235 e. The highest BCUT2D eigenvalue weighted by molar-refractivity contribution is 5.16. The third-order valence-corrected chi connectivity index (χ3v) is 3.43. The lowest BCUT2D eigenvalue weighted by atomic mass is 10.1. The molecule has 2 nitrogen and oxygen atoms in total. The monoisotopic (exact) mass is 232 g/mol. The largest absolute Gasteiger partial charge is 0.312 e. The maximum atomic E-state index is 3.68. The van der Waals surface area contributed by atoms with Gasteiger partial charge in [0.15, 0.2) is 0 Å². The fourth-order valence-corrected chi connectivity index (χ4v) is 2.63. The number of nitrogens with zero attached hydrogens (tertiary/aromatic N) is 1. The molecule has 0 spiro atoms. The fourth-order valence-electron chi connectivity index (χ4n) is 2.63. The van der Waals surface area contributed by atoms with Crippen molar-refractivity contribution >= 4 is 0 Å². The zero-order valence-electron chi connectivity index (χ0n) is 10.9. The summed E-state index contributed by atoms with van der Waals surface area (Å²) in [5.74, 6) is 0.